The maximum atomic E-state index is 5.83. The van der Waals surface area contributed by atoms with Crippen molar-refractivity contribution in [3.8, 4) is 0 Å². The van der Waals surface area contributed by atoms with Gasteiger partial charge in [-0.25, -0.2) is 9.97 Å². The van der Waals surface area contributed by atoms with Gasteiger partial charge < -0.3 is 10.6 Å². The van der Waals surface area contributed by atoms with E-state index in [0.29, 0.717) is 5.92 Å². The zero-order chi connectivity index (χ0) is 14.7. The summed E-state index contributed by atoms with van der Waals surface area (Å²) in [6, 6.07) is 0. The molecule has 0 amide bonds. The molecule has 1 atom stereocenters. The van der Waals surface area contributed by atoms with Gasteiger partial charge in [-0.2, -0.15) is 0 Å². The van der Waals surface area contributed by atoms with Crippen molar-refractivity contribution in [1.29, 1.82) is 0 Å². The van der Waals surface area contributed by atoms with E-state index in [4.69, 9.17) is 10.7 Å². The van der Waals surface area contributed by atoms with Gasteiger partial charge in [-0.15, -0.1) is 0 Å². The fourth-order valence-electron chi connectivity index (χ4n) is 3.46. The lowest BCUT2D eigenvalue weighted by atomic mass is 9.98. The summed E-state index contributed by atoms with van der Waals surface area (Å²) in [4.78, 5) is 14.3. The normalized spacial score (nSPS) is 23.1. The number of nitrogens with zero attached hydrogens (tertiary/aromatic N) is 4. The van der Waals surface area contributed by atoms with E-state index in [2.05, 4.69) is 21.7 Å². The van der Waals surface area contributed by atoms with Gasteiger partial charge in [0.1, 0.15) is 0 Å². The number of anilines is 1. The Morgan fingerprint density at radius 3 is 3.10 bits per heavy atom. The standard InChI is InChI=1S/C16H27N5/c1-2-6-20-8-5-15-14(12-20)10-18-16(19-15)21-7-3-4-13(9-17)11-21/h10,13H,2-9,11-12,17H2,1H3. The first-order valence-electron chi connectivity index (χ1n) is 8.32. The first-order chi connectivity index (χ1) is 10.3. The first-order valence-corrected chi connectivity index (χ1v) is 8.32. The van der Waals surface area contributed by atoms with Gasteiger partial charge in [0.2, 0.25) is 5.95 Å². The second kappa shape index (κ2) is 6.71. The fourth-order valence-corrected chi connectivity index (χ4v) is 3.46. The van der Waals surface area contributed by atoms with Crippen LogP contribution in [-0.4, -0.2) is 47.6 Å². The van der Waals surface area contributed by atoms with E-state index >= 15 is 0 Å². The van der Waals surface area contributed by atoms with Gasteiger partial charge in [0, 0.05) is 44.4 Å². The first kappa shape index (κ1) is 14.7. The molecule has 3 rings (SSSR count). The van der Waals surface area contributed by atoms with Crippen LogP contribution in [0.5, 0.6) is 0 Å². The van der Waals surface area contributed by atoms with Crippen molar-refractivity contribution >= 4 is 5.95 Å². The van der Waals surface area contributed by atoms with Gasteiger partial charge >= 0.3 is 0 Å². The number of rotatable bonds is 4. The molecule has 3 heterocycles. The minimum atomic E-state index is 0.596. The van der Waals surface area contributed by atoms with Crippen LogP contribution in [0, 0.1) is 5.92 Å². The van der Waals surface area contributed by atoms with Gasteiger partial charge in [-0.05, 0) is 38.3 Å². The minimum absolute atomic E-state index is 0.596. The number of piperidine rings is 1. The summed E-state index contributed by atoms with van der Waals surface area (Å²) >= 11 is 0. The highest BCUT2D eigenvalue weighted by atomic mass is 15.3. The third kappa shape index (κ3) is 3.35. The predicted octanol–water partition coefficient (Wildman–Crippen LogP) is 1.42. The number of hydrogen-bond donors (Lipinski definition) is 1. The molecule has 1 saturated heterocycles. The molecular weight excluding hydrogens is 262 g/mol. The summed E-state index contributed by atoms with van der Waals surface area (Å²) < 4.78 is 0. The van der Waals surface area contributed by atoms with Crippen LogP contribution in [0.3, 0.4) is 0 Å². The molecule has 0 aromatic carbocycles. The van der Waals surface area contributed by atoms with Crippen molar-refractivity contribution in [2.75, 3.05) is 37.6 Å². The lowest BCUT2D eigenvalue weighted by Crippen LogP contribution is -2.40. The molecule has 1 aromatic rings. The Hall–Kier alpha value is -1.20. The second-order valence-electron chi connectivity index (χ2n) is 6.36. The molecule has 2 aliphatic rings. The van der Waals surface area contributed by atoms with Gasteiger partial charge in [-0.3, -0.25) is 4.90 Å². The quantitative estimate of drug-likeness (QED) is 0.908. The van der Waals surface area contributed by atoms with E-state index in [-0.39, 0.29) is 0 Å². The molecule has 0 aliphatic carbocycles. The maximum Gasteiger partial charge on any atom is 0.225 e. The van der Waals surface area contributed by atoms with Crippen LogP contribution >= 0.6 is 0 Å². The van der Waals surface area contributed by atoms with Crippen molar-refractivity contribution in [1.82, 2.24) is 14.9 Å². The molecule has 0 spiro atoms. The SMILES string of the molecule is CCCN1CCc2nc(N3CCCC(CN)C3)ncc2C1. The lowest BCUT2D eigenvalue weighted by Gasteiger charge is -2.33. The minimum Gasteiger partial charge on any atom is -0.340 e. The Kier molecular flexibility index (Phi) is 4.70. The Morgan fingerprint density at radius 2 is 2.29 bits per heavy atom. The van der Waals surface area contributed by atoms with E-state index in [1.54, 1.807) is 0 Å². The van der Waals surface area contributed by atoms with E-state index in [0.717, 1.165) is 45.1 Å². The van der Waals surface area contributed by atoms with Crippen molar-refractivity contribution in [2.45, 2.75) is 39.2 Å². The lowest BCUT2D eigenvalue weighted by molar-refractivity contribution is 0.252. The van der Waals surface area contributed by atoms with Crippen molar-refractivity contribution < 1.29 is 0 Å². The third-order valence-electron chi connectivity index (χ3n) is 4.68. The van der Waals surface area contributed by atoms with Crippen molar-refractivity contribution in [3.63, 3.8) is 0 Å². The van der Waals surface area contributed by atoms with Crippen LogP contribution in [0.15, 0.2) is 6.20 Å². The molecule has 1 unspecified atom stereocenters. The van der Waals surface area contributed by atoms with E-state index in [1.165, 1.54) is 37.1 Å². The highest BCUT2D eigenvalue weighted by molar-refractivity contribution is 5.35. The van der Waals surface area contributed by atoms with E-state index < -0.39 is 0 Å². The third-order valence-corrected chi connectivity index (χ3v) is 4.68. The molecular formula is C16H27N5. The summed E-state index contributed by atoms with van der Waals surface area (Å²) in [5, 5.41) is 0. The average Bonchev–Trinajstić information content (AvgIpc) is 2.55. The molecule has 2 N–H and O–H groups in total. The molecule has 21 heavy (non-hydrogen) atoms. The molecule has 5 nitrogen and oxygen atoms in total. The predicted molar refractivity (Wildman–Crippen MR) is 85.3 cm³/mol. The van der Waals surface area contributed by atoms with E-state index in [1.807, 2.05) is 6.20 Å². The molecule has 1 fully saturated rings. The largest absolute Gasteiger partial charge is 0.340 e. The zero-order valence-electron chi connectivity index (χ0n) is 13.1. The Bertz CT molecular complexity index is 476. The van der Waals surface area contributed by atoms with Crippen LogP contribution in [0.1, 0.15) is 37.4 Å². The van der Waals surface area contributed by atoms with E-state index in [9.17, 15) is 0 Å². The number of hydrogen-bond acceptors (Lipinski definition) is 5. The van der Waals surface area contributed by atoms with Crippen LogP contribution in [0.4, 0.5) is 5.95 Å². The summed E-state index contributed by atoms with van der Waals surface area (Å²) in [6.07, 6.45) is 6.75. The average molecular weight is 289 g/mol. The summed E-state index contributed by atoms with van der Waals surface area (Å²) in [5.41, 5.74) is 8.39. The summed E-state index contributed by atoms with van der Waals surface area (Å²) in [6.45, 7) is 8.39. The highest BCUT2D eigenvalue weighted by Crippen LogP contribution is 2.23. The summed E-state index contributed by atoms with van der Waals surface area (Å²) in [5.74, 6) is 1.51. The topological polar surface area (TPSA) is 58.3 Å². The smallest absolute Gasteiger partial charge is 0.225 e. The Morgan fingerprint density at radius 1 is 1.38 bits per heavy atom. The number of aromatic nitrogens is 2. The number of fused-ring (bicyclic) bond motifs is 1. The second-order valence-corrected chi connectivity index (χ2v) is 6.36. The van der Waals surface area contributed by atoms with Crippen LogP contribution in [0.2, 0.25) is 0 Å². The fraction of sp³-hybridized carbons (Fsp3) is 0.750. The van der Waals surface area contributed by atoms with Crippen LogP contribution in [-0.2, 0) is 13.0 Å². The molecule has 0 radical (unpaired) electrons. The summed E-state index contributed by atoms with van der Waals surface area (Å²) in [7, 11) is 0. The molecule has 2 aliphatic heterocycles. The van der Waals surface area contributed by atoms with Crippen LogP contribution in [0.25, 0.3) is 0 Å². The molecule has 5 heteroatoms. The van der Waals surface area contributed by atoms with Crippen molar-refractivity contribution in [2.24, 2.45) is 11.7 Å². The van der Waals surface area contributed by atoms with Gasteiger partial charge in [0.05, 0.1) is 5.69 Å². The number of nitrogens with two attached hydrogens (primary N) is 1. The highest BCUT2D eigenvalue weighted by Gasteiger charge is 2.23. The van der Waals surface area contributed by atoms with Gasteiger partial charge in [-0.1, -0.05) is 6.92 Å². The zero-order valence-corrected chi connectivity index (χ0v) is 13.1. The van der Waals surface area contributed by atoms with Crippen molar-refractivity contribution in [3.05, 3.63) is 17.5 Å². The molecule has 1 aromatic heterocycles. The Labute approximate surface area is 127 Å². The van der Waals surface area contributed by atoms with Gasteiger partial charge in [0.15, 0.2) is 0 Å². The van der Waals surface area contributed by atoms with Crippen LogP contribution < -0.4 is 10.6 Å². The Balaban J connectivity index is 1.71. The molecule has 116 valence electrons. The molecule has 0 saturated carbocycles. The van der Waals surface area contributed by atoms with Gasteiger partial charge in [0.25, 0.3) is 0 Å². The molecule has 0 bridgehead atoms. The maximum absolute atomic E-state index is 5.83. The monoisotopic (exact) mass is 289 g/mol.